The van der Waals surface area contributed by atoms with Crippen LogP contribution in [0.15, 0.2) is 48.7 Å². The van der Waals surface area contributed by atoms with Crippen LogP contribution in [0.25, 0.3) is 0 Å². The van der Waals surface area contributed by atoms with Crippen molar-refractivity contribution in [3.63, 3.8) is 0 Å². The van der Waals surface area contributed by atoms with E-state index in [2.05, 4.69) is 49.4 Å². The van der Waals surface area contributed by atoms with Gasteiger partial charge in [-0.05, 0) is 86.1 Å². The minimum absolute atomic E-state index is 0.0678. The second kappa shape index (κ2) is 16.3. The molecule has 6 bridgehead atoms. The predicted molar refractivity (Wildman–Crippen MR) is 160 cm³/mol. The van der Waals surface area contributed by atoms with E-state index >= 15 is 0 Å². The van der Waals surface area contributed by atoms with Gasteiger partial charge < -0.3 is 31.5 Å². The molecule has 1 amide bonds. The predicted octanol–water partition coefficient (Wildman–Crippen LogP) is 6.31. The fourth-order valence-electron chi connectivity index (χ4n) is 4.43. The molecule has 0 aliphatic carbocycles. The Morgan fingerprint density at radius 1 is 0.936 bits per heavy atom. The van der Waals surface area contributed by atoms with Crippen LogP contribution in [-0.4, -0.2) is 63.5 Å². The van der Waals surface area contributed by atoms with Crippen molar-refractivity contribution in [3.8, 4) is 0 Å². The van der Waals surface area contributed by atoms with E-state index in [9.17, 15) is 31.1 Å². The van der Waals surface area contributed by atoms with Crippen LogP contribution in [0, 0.1) is 5.92 Å². The van der Waals surface area contributed by atoms with Gasteiger partial charge in [0.15, 0.2) is 5.82 Å². The molecule has 2 aliphatic rings. The molecule has 1 atom stereocenters. The van der Waals surface area contributed by atoms with Gasteiger partial charge in [0, 0.05) is 23.5 Å². The van der Waals surface area contributed by atoms with Crippen LogP contribution in [0.3, 0.4) is 0 Å². The summed E-state index contributed by atoms with van der Waals surface area (Å²) in [6.45, 7) is 1.96. The van der Waals surface area contributed by atoms with E-state index in [0.29, 0.717) is 29.1 Å². The van der Waals surface area contributed by atoms with Gasteiger partial charge in [0.25, 0.3) is 0 Å². The van der Waals surface area contributed by atoms with Gasteiger partial charge in [0.2, 0.25) is 11.9 Å². The van der Waals surface area contributed by atoms with Crippen molar-refractivity contribution in [2.75, 3.05) is 29.0 Å². The second-order valence-corrected chi connectivity index (χ2v) is 10.7. The number of carbonyl (C=O) groups excluding carboxylic acids is 1. The smallest absolute Gasteiger partial charge is 0.475 e. The number of piperidine rings is 1. The molecule has 2 aromatic carbocycles. The number of amides is 1. The molecule has 1 saturated heterocycles. The number of aliphatic carboxylic acids is 2. The fraction of sp³-hybridized carbons (Fsp3) is 0.345. The zero-order chi connectivity index (χ0) is 34.8. The summed E-state index contributed by atoms with van der Waals surface area (Å²) in [6.07, 6.45) is -4.19. The first-order valence-corrected chi connectivity index (χ1v) is 14.3. The number of fused-ring (bicyclic) bond motifs is 6. The minimum atomic E-state index is -5.08. The number of halogens is 7. The molecule has 0 saturated carbocycles. The number of alkyl halides is 6. The number of carboxylic acids is 2. The topological polar surface area (TPSA) is 166 Å². The van der Waals surface area contributed by atoms with Crippen LogP contribution >= 0.6 is 11.6 Å². The molecule has 6 N–H and O–H groups in total. The van der Waals surface area contributed by atoms with E-state index in [4.69, 9.17) is 31.4 Å². The zero-order valence-electron chi connectivity index (χ0n) is 24.3. The van der Waals surface area contributed by atoms with Crippen molar-refractivity contribution in [3.05, 3.63) is 64.8 Å². The van der Waals surface area contributed by atoms with Gasteiger partial charge in [-0.2, -0.15) is 31.3 Å². The molecule has 1 aromatic heterocycles. The summed E-state index contributed by atoms with van der Waals surface area (Å²) in [5, 5.41) is 27.8. The average Bonchev–Trinajstić information content (AvgIpc) is 2.99. The zero-order valence-corrected chi connectivity index (χ0v) is 25.1. The van der Waals surface area contributed by atoms with Gasteiger partial charge in [0.1, 0.15) is 5.02 Å². The number of benzene rings is 2. The van der Waals surface area contributed by atoms with Gasteiger partial charge in [-0.3, -0.25) is 4.79 Å². The summed E-state index contributed by atoms with van der Waals surface area (Å²) < 4.78 is 63.5. The number of hydrogen-bond acceptors (Lipinski definition) is 8. The summed E-state index contributed by atoms with van der Waals surface area (Å²) in [4.78, 5) is 39.4. The first-order valence-electron chi connectivity index (χ1n) is 13.9. The summed E-state index contributed by atoms with van der Waals surface area (Å²) >= 11 is 6.35. The minimum Gasteiger partial charge on any atom is -0.475 e. The van der Waals surface area contributed by atoms with Crippen molar-refractivity contribution >= 4 is 58.3 Å². The molecular formula is C29H29ClF6N6O5. The normalized spacial score (nSPS) is 15.6. The third kappa shape index (κ3) is 12.2. The molecule has 0 spiro atoms. The Balaban J connectivity index is 0.000000360. The fourth-order valence-corrected chi connectivity index (χ4v) is 4.56. The third-order valence-corrected chi connectivity index (χ3v) is 6.89. The molecule has 254 valence electrons. The van der Waals surface area contributed by atoms with Crippen LogP contribution in [0.1, 0.15) is 30.4 Å². The standard InChI is InChI=1S/C25H27ClN6O.2C2HF3O2/c26-21-15-28-25-30-19-5-1-3-16(11-19)6-7-18-13-20(29-24(21)32-25)8-9-22(18)31-23(33)12-17-4-2-10-27-14-17;2*3-2(4,5)1(6)7/h1,3,5,8-9,11,13,15,17,27H,2,4,6-7,10,12,14H2,(H,31,33)(H2,28,29,30,32);2*(H,6,7)/t17-;;/m1../s1. The number of carboxylic acid groups (broad SMARTS) is 2. The van der Waals surface area contributed by atoms with Crippen molar-refractivity contribution < 1.29 is 50.9 Å². The lowest BCUT2D eigenvalue weighted by Gasteiger charge is -2.22. The number of nitrogens with zero attached hydrogens (tertiary/aromatic N) is 2. The Labute approximate surface area is 268 Å². The van der Waals surface area contributed by atoms with Crippen molar-refractivity contribution in [2.24, 2.45) is 5.92 Å². The van der Waals surface area contributed by atoms with Crippen LogP contribution in [0.5, 0.6) is 0 Å². The molecule has 18 heteroatoms. The van der Waals surface area contributed by atoms with Crippen LogP contribution in [-0.2, 0) is 27.2 Å². The van der Waals surface area contributed by atoms with Gasteiger partial charge >= 0.3 is 24.3 Å². The molecule has 3 heterocycles. The Bertz CT molecular complexity index is 1540. The highest BCUT2D eigenvalue weighted by atomic mass is 35.5. The number of anilines is 5. The Kier molecular flexibility index (Phi) is 12.7. The van der Waals surface area contributed by atoms with E-state index in [1.54, 1.807) is 6.20 Å². The molecule has 0 unspecified atom stereocenters. The van der Waals surface area contributed by atoms with E-state index < -0.39 is 24.3 Å². The second-order valence-electron chi connectivity index (χ2n) is 10.3. The number of nitrogens with one attached hydrogen (secondary N) is 4. The number of aromatic nitrogens is 2. The third-order valence-electron chi connectivity index (χ3n) is 6.61. The Morgan fingerprint density at radius 2 is 1.60 bits per heavy atom. The lowest BCUT2D eigenvalue weighted by Crippen LogP contribution is -2.32. The molecule has 5 rings (SSSR count). The molecule has 1 fully saturated rings. The van der Waals surface area contributed by atoms with Gasteiger partial charge in [0.05, 0.1) is 6.20 Å². The highest BCUT2D eigenvalue weighted by Crippen LogP contribution is 2.30. The molecule has 47 heavy (non-hydrogen) atoms. The highest BCUT2D eigenvalue weighted by molar-refractivity contribution is 6.32. The Hall–Kier alpha value is -4.64. The SMILES string of the molecule is O=C(C[C@H]1CCCNC1)Nc1ccc2cc1CCc1cccc(c1)Nc1ncc(Cl)c(n1)N2.O=C(O)C(F)(F)F.O=C(O)C(F)(F)F. The van der Waals surface area contributed by atoms with E-state index in [1.165, 1.54) is 5.56 Å². The van der Waals surface area contributed by atoms with Crippen LogP contribution < -0.4 is 21.3 Å². The van der Waals surface area contributed by atoms with Gasteiger partial charge in [-0.25, -0.2) is 14.6 Å². The van der Waals surface area contributed by atoms with E-state index in [1.807, 2.05) is 24.3 Å². The molecule has 3 aromatic rings. The summed E-state index contributed by atoms with van der Waals surface area (Å²) in [5.41, 5.74) is 4.89. The number of aryl methyl sites for hydroxylation is 2. The van der Waals surface area contributed by atoms with Crippen LogP contribution in [0.2, 0.25) is 5.02 Å². The summed E-state index contributed by atoms with van der Waals surface area (Å²) in [5.74, 6) is -4.05. The molecular weight excluding hydrogens is 662 g/mol. The van der Waals surface area contributed by atoms with Gasteiger partial charge in [-0.1, -0.05) is 23.7 Å². The monoisotopic (exact) mass is 690 g/mol. The highest BCUT2D eigenvalue weighted by Gasteiger charge is 2.38. The number of rotatable bonds is 3. The number of hydrogen-bond donors (Lipinski definition) is 6. The lowest BCUT2D eigenvalue weighted by molar-refractivity contribution is -0.193. The maximum Gasteiger partial charge on any atom is 0.490 e. The van der Waals surface area contributed by atoms with Crippen molar-refractivity contribution in [1.29, 1.82) is 0 Å². The first kappa shape index (κ1) is 36.8. The van der Waals surface area contributed by atoms with E-state index in [0.717, 1.165) is 61.4 Å². The van der Waals surface area contributed by atoms with Crippen LogP contribution in [0.4, 0.5) is 55.2 Å². The summed E-state index contributed by atoms with van der Waals surface area (Å²) in [6, 6.07) is 14.2. The number of carbonyl (C=O) groups is 3. The maximum absolute atomic E-state index is 12.8. The van der Waals surface area contributed by atoms with Crippen molar-refractivity contribution in [2.45, 2.75) is 44.5 Å². The maximum atomic E-state index is 12.8. The van der Waals surface area contributed by atoms with Crippen molar-refractivity contribution in [1.82, 2.24) is 15.3 Å². The average molecular weight is 691 g/mol. The summed E-state index contributed by atoms with van der Waals surface area (Å²) in [7, 11) is 0. The lowest BCUT2D eigenvalue weighted by atomic mass is 9.95. The quantitative estimate of drug-likeness (QED) is 0.172. The Morgan fingerprint density at radius 3 is 2.21 bits per heavy atom. The van der Waals surface area contributed by atoms with E-state index in [-0.39, 0.29) is 5.91 Å². The first-order chi connectivity index (χ1) is 22.0. The van der Waals surface area contributed by atoms with Gasteiger partial charge in [-0.15, -0.1) is 0 Å². The molecule has 0 radical (unpaired) electrons. The largest absolute Gasteiger partial charge is 0.490 e. The molecule has 2 aliphatic heterocycles. The molecule has 11 nitrogen and oxygen atoms in total.